The summed E-state index contributed by atoms with van der Waals surface area (Å²) in [5.41, 5.74) is 3.21. The first kappa shape index (κ1) is 19.5. The van der Waals surface area contributed by atoms with E-state index >= 15 is 0 Å². The van der Waals surface area contributed by atoms with Gasteiger partial charge in [-0.2, -0.15) is 0 Å². The molecule has 1 N–H and O–H groups in total. The average molecular weight is 398 g/mol. The van der Waals surface area contributed by atoms with Crippen molar-refractivity contribution in [3.8, 4) is 5.75 Å². The topological polar surface area (TPSA) is 58.6 Å². The molecule has 1 heterocycles. The van der Waals surface area contributed by atoms with E-state index in [2.05, 4.69) is 11.9 Å². The van der Waals surface area contributed by atoms with E-state index in [4.69, 9.17) is 4.74 Å². The van der Waals surface area contributed by atoms with Crippen LogP contribution in [-0.4, -0.2) is 23.4 Å². The van der Waals surface area contributed by atoms with E-state index in [0.29, 0.717) is 12.4 Å². The highest BCUT2D eigenvalue weighted by Gasteiger charge is 2.32. The molecule has 0 aliphatic carbocycles. The smallest absolute Gasteiger partial charge is 0.329 e. The summed E-state index contributed by atoms with van der Waals surface area (Å²) in [4.78, 5) is 25.9. The number of aryl methyl sites for hydroxylation is 1. The van der Waals surface area contributed by atoms with E-state index < -0.39 is 6.03 Å². The van der Waals surface area contributed by atoms with Gasteiger partial charge in [0, 0.05) is 12.1 Å². The fraction of sp³-hybridized carbons (Fsp3) is 0.120. The molecule has 0 saturated carbocycles. The molecule has 0 atom stereocenters. The van der Waals surface area contributed by atoms with Crippen LogP contribution in [0.25, 0.3) is 16.8 Å². The number of nitrogens with one attached hydrogen (secondary N) is 1. The van der Waals surface area contributed by atoms with Gasteiger partial charge in [-0.05, 0) is 35.4 Å². The summed E-state index contributed by atoms with van der Waals surface area (Å²) in [6.07, 6.45) is 3.21. The first-order valence-electron chi connectivity index (χ1n) is 9.72. The van der Waals surface area contributed by atoms with Crippen LogP contribution in [0.15, 0.2) is 79.0 Å². The van der Waals surface area contributed by atoms with Crippen molar-refractivity contribution in [1.29, 1.82) is 0 Å². The second-order valence-corrected chi connectivity index (χ2v) is 7.17. The first-order valence-corrected chi connectivity index (χ1v) is 9.72. The minimum absolute atomic E-state index is 0.161. The highest BCUT2D eigenvalue weighted by molar-refractivity contribution is 6.15. The molecule has 1 aliphatic rings. The lowest BCUT2D eigenvalue weighted by atomic mass is 10.0. The zero-order valence-electron chi connectivity index (χ0n) is 16.7. The van der Waals surface area contributed by atoms with Crippen LogP contribution in [0.5, 0.6) is 5.75 Å². The fourth-order valence-corrected chi connectivity index (χ4v) is 3.41. The number of ether oxygens (including phenoxy) is 1. The Labute approximate surface area is 175 Å². The maximum atomic E-state index is 12.7. The van der Waals surface area contributed by atoms with Crippen LogP contribution >= 0.6 is 0 Å². The van der Waals surface area contributed by atoms with Crippen molar-refractivity contribution in [1.82, 2.24) is 10.2 Å². The summed E-state index contributed by atoms with van der Waals surface area (Å²) in [5, 5.41) is 4.61. The summed E-state index contributed by atoms with van der Waals surface area (Å²) in [6.45, 7) is 6.21. The molecule has 150 valence electrons. The summed E-state index contributed by atoms with van der Waals surface area (Å²) < 4.78 is 6.12. The van der Waals surface area contributed by atoms with Gasteiger partial charge in [0.05, 0.1) is 0 Å². The van der Waals surface area contributed by atoms with E-state index in [1.807, 2.05) is 67.6 Å². The Kier molecular flexibility index (Phi) is 5.35. The zero-order chi connectivity index (χ0) is 21.1. The van der Waals surface area contributed by atoms with E-state index in [0.717, 1.165) is 26.8 Å². The summed E-state index contributed by atoms with van der Waals surface area (Å²) in [5.74, 6) is 0.267. The third kappa shape index (κ3) is 3.82. The summed E-state index contributed by atoms with van der Waals surface area (Å²) >= 11 is 0. The number of benzene rings is 3. The normalized spacial score (nSPS) is 15.0. The Morgan fingerprint density at radius 1 is 1.03 bits per heavy atom. The van der Waals surface area contributed by atoms with Gasteiger partial charge in [-0.3, -0.25) is 9.69 Å². The van der Waals surface area contributed by atoms with Crippen molar-refractivity contribution < 1.29 is 14.3 Å². The van der Waals surface area contributed by atoms with E-state index in [9.17, 15) is 9.59 Å². The lowest BCUT2D eigenvalue weighted by molar-refractivity contribution is -0.122. The Bertz CT molecular complexity index is 1160. The van der Waals surface area contributed by atoms with Crippen molar-refractivity contribution in [2.75, 3.05) is 6.54 Å². The Hall–Kier alpha value is -3.86. The Balaban J connectivity index is 1.72. The molecule has 4 rings (SSSR count). The van der Waals surface area contributed by atoms with Crippen LogP contribution in [0.1, 0.15) is 16.7 Å². The third-order valence-corrected chi connectivity index (χ3v) is 5.01. The second kappa shape index (κ2) is 8.25. The number of carbonyl (C=O) groups is 2. The van der Waals surface area contributed by atoms with E-state index in [1.165, 1.54) is 11.6 Å². The molecule has 3 amide bonds. The largest absolute Gasteiger partial charge is 0.488 e. The van der Waals surface area contributed by atoms with Crippen molar-refractivity contribution in [3.63, 3.8) is 0 Å². The monoisotopic (exact) mass is 398 g/mol. The molecule has 0 unspecified atom stereocenters. The maximum Gasteiger partial charge on any atom is 0.329 e. The second-order valence-electron chi connectivity index (χ2n) is 7.17. The van der Waals surface area contributed by atoms with Crippen LogP contribution in [0.3, 0.4) is 0 Å². The predicted octanol–water partition coefficient (Wildman–Crippen LogP) is 4.81. The molecule has 5 heteroatoms. The van der Waals surface area contributed by atoms with Crippen LogP contribution < -0.4 is 10.1 Å². The minimum Gasteiger partial charge on any atom is -0.488 e. The molecule has 3 aromatic carbocycles. The predicted molar refractivity (Wildman–Crippen MR) is 118 cm³/mol. The van der Waals surface area contributed by atoms with Crippen LogP contribution in [-0.2, 0) is 11.4 Å². The molecule has 0 bridgehead atoms. The molecular formula is C25H22N2O3. The molecule has 30 heavy (non-hydrogen) atoms. The number of nitrogens with zero attached hydrogens (tertiary/aromatic N) is 1. The van der Waals surface area contributed by atoms with Crippen molar-refractivity contribution >= 4 is 28.8 Å². The van der Waals surface area contributed by atoms with Gasteiger partial charge >= 0.3 is 6.03 Å². The van der Waals surface area contributed by atoms with Gasteiger partial charge in [-0.1, -0.05) is 66.2 Å². The van der Waals surface area contributed by atoms with Gasteiger partial charge in [0.15, 0.2) is 0 Å². The quantitative estimate of drug-likeness (QED) is 0.368. The molecule has 0 spiro atoms. The number of imide groups is 1. The Morgan fingerprint density at radius 2 is 1.80 bits per heavy atom. The van der Waals surface area contributed by atoms with Crippen LogP contribution in [0.4, 0.5) is 4.79 Å². The van der Waals surface area contributed by atoms with Crippen molar-refractivity contribution in [2.45, 2.75) is 13.5 Å². The number of fused-ring (bicyclic) bond motifs is 1. The lowest BCUT2D eigenvalue weighted by Gasteiger charge is -2.13. The molecule has 0 radical (unpaired) electrons. The van der Waals surface area contributed by atoms with E-state index in [-0.39, 0.29) is 18.1 Å². The minimum atomic E-state index is -0.450. The van der Waals surface area contributed by atoms with Gasteiger partial charge in [0.2, 0.25) is 0 Å². The number of hydrogen-bond acceptors (Lipinski definition) is 3. The van der Waals surface area contributed by atoms with Gasteiger partial charge in [0.1, 0.15) is 18.1 Å². The van der Waals surface area contributed by atoms with Crippen molar-refractivity contribution in [2.24, 2.45) is 0 Å². The number of hydrogen-bond donors (Lipinski definition) is 1. The molecular weight excluding hydrogens is 376 g/mol. The SMILES string of the molecule is C=CCN1C(=O)N/C(=C/c2c(OCc3ccc(C)cc3)ccc3ccccc23)C1=O. The molecule has 1 fully saturated rings. The van der Waals surface area contributed by atoms with Gasteiger partial charge in [-0.15, -0.1) is 6.58 Å². The summed E-state index contributed by atoms with van der Waals surface area (Å²) in [7, 11) is 0. The van der Waals surface area contributed by atoms with Crippen molar-refractivity contribution in [3.05, 3.63) is 95.7 Å². The first-order chi connectivity index (χ1) is 14.6. The molecule has 3 aromatic rings. The zero-order valence-corrected chi connectivity index (χ0v) is 16.7. The summed E-state index contributed by atoms with van der Waals surface area (Å²) in [6, 6.07) is 19.5. The molecule has 1 aliphatic heterocycles. The van der Waals surface area contributed by atoms with Gasteiger partial charge < -0.3 is 10.1 Å². The average Bonchev–Trinajstić information content (AvgIpc) is 3.02. The fourth-order valence-electron chi connectivity index (χ4n) is 3.41. The molecule has 5 nitrogen and oxygen atoms in total. The van der Waals surface area contributed by atoms with Crippen LogP contribution in [0.2, 0.25) is 0 Å². The lowest BCUT2D eigenvalue weighted by Crippen LogP contribution is -2.30. The number of carbonyl (C=O) groups excluding carboxylic acids is 2. The molecule has 1 saturated heterocycles. The number of rotatable bonds is 6. The number of amides is 3. The molecule has 0 aromatic heterocycles. The number of urea groups is 1. The van der Waals surface area contributed by atoms with Gasteiger partial charge in [-0.25, -0.2) is 4.79 Å². The van der Waals surface area contributed by atoms with Crippen LogP contribution in [0, 0.1) is 6.92 Å². The van der Waals surface area contributed by atoms with Gasteiger partial charge in [0.25, 0.3) is 5.91 Å². The standard InChI is InChI=1S/C25H22N2O3/c1-3-14-27-24(28)22(26-25(27)29)15-21-20-7-5-4-6-19(20)12-13-23(21)30-16-18-10-8-17(2)9-11-18/h3-13,15H,1,14,16H2,2H3,(H,26,29)/b22-15+. The van der Waals surface area contributed by atoms with E-state index in [1.54, 1.807) is 6.08 Å². The highest BCUT2D eigenvalue weighted by Crippen LogP contribution is 2.31. The highest BCUT2D eigenvalue weighted by atomic mass is 16.5. The maximum absolute atomic E-state index is 12.7. The Morgan fingerprint density at radius 3 is 2.57 bits per heavy atom. The third-order valence-electron chi connectivity index (χ3n) is 5.01.